The number of benzene rings is 1. The van der Waals surface area contributed by atoms with E-state index in [-0.39, 0.29) is 40.8 Å². The second kappa shape index (κ2) is 8.17. The second-order valence-electron chi connectivity index (χ2n) is 5.88. The molecule has 1 aromatic carbocycles. The van der Waals surface area contributed by atoms with Gasteiger partial charge in [-0.15, -0.1) is 0 Å². The monoisotopic (exact) mass is 402 g/mol. The van der Waals surface area contributed by atoms with Crippen molar-refractivity contribution in [3.8, 4) is 17.1 Å². The molecule has 3 aromatic rings. The Bertz CT molecular complexity index is 1080. The van der Waals surface area contributed by atoms with E-state index in [9.17, 15) is 18.3 Å². The Morgan fingerprint density at radius 2 is 1.96 bits per heavy atom. The fourth-order valence-corrected chi connectivity index (χ4v) is 3.29. The third-order valence-electron chi connectivity index (χ3n) is 3.95. The summed E-state index contributed by atoms with van der Waals surface area (Å²) in [6.07, 6.45) is 3.43. The number of carbonyl (C=O) groups excluding carboxylic acids is 1. The Hall–Kier alpha value is -3.27. The first-order valence-corrected chi connectivity index (χ1v) is 10.1. The third kappa shape index (κ3) is 4.52. The summed E-state index contributed by atoms with van der Waals surface area (Å²) in [4.78, 5) is 20.3. The molecule has 0 bridgehead atoms. The number of pyridine rings is 1. The summed E-state index contributed by atoms with van der Waals surface area (Å²) in [5.74, 6) is -0.0464. The fourth-order valence-electron chi connectivity index (χ4n) is 2.38. The molecule has 0 radical (unpaired) electrons. The average molecular weight is 402 g/mol. The first-order valence-electron chi connectivity index (χ1n) is 8.47. The van der Waals surface area contributed by atoms with Gasteiger partial charge in [-0.2, -0.15) is 4.98 Å². The van der Waals surface area contributed by atoms with E-state index in [1.807, 2.05) is 0 Å². The highest BCUT2D eigenvalue weighted by molar-refractivity contribution is 7.91. The van der Waals surface area contributed by atoms with Gasteiger partial charge in [0.2, 0.25) is 17.6 Å². The van der Waals surface area contributed by atoms with Crippen LogP contribution < -0.4 is 5.32 Å². The van der Waals surface area contributed by atoms with Gasteiger partial charge in [-0.05, 0) is 30.3 Å². The summed E-state index contributed by atoms with van der Waals surface area (Å²) in [6, 6.07) is 7.24. The number of rotatable bonds is 7. The molecule has 0 aliphatic heterocycles. The molecule has 0 atom stereocenters. The van der Waals surface area contributed by atoms with E-state index in [1.54, 1.807) is 24.5 Å². The number of anilines is 1. The summed E-state index contributed by atoms with van der Waals surface area (Å²) in [7, 11) is -3.45. The number of aromatic nitrogens is 3. The number of aryl methyl sites for hydroxylation is 1. The van der Waals surface area contributed by atoms with Crippen molar-refractivity contribution < 1.29 is 22.8 Å². The minimum absolute atomic E-state index is 0.0160. The molecule has 28 heavy (non-hydrogen) atoms. The van der Waals surface area contributed by atoms with Crippen molar-refractivity contribution in [2.24, 2.45) is 0 Å². The zero-order valence-electron chi connectivity index (χ0n) is 15.0. The molecule has 1 amide bonds. The van der Waals surface area contributed by atoms with E-state index in [2.05, 4.69) is 20.4 Å². The molecule has 2 aromatic heterocycles. The summed E-state index contributed by atoms with van der Waals surface area (Å²) in [5.41, 5.74) is 0.774. The van der Waals surface area contributed by atoms with Gasteiger partial charge >= 0.3 is 0 Å². The lowest BCUT2D eigenvalue weighted by atomic mass is 10.2. The zero-order chi connectivity index (χ0) is 20.1. The maximum atomic E-state index is 12.2. The van der Waals surface area contributed by atoms with Crippen LogP contribution in [0.2, 0.25) is 0 Å². The van der Waals surface area contributed by atoms with Crippen LogP contribution in [0.3, 0.4) is 0 Å². The number of hydrogen-bond donors (Lipinski definition) is 2. The standard InChI is InChI=1S/C18H18N4O5S/c1-2-28(25,26)13-3-4-15(23)14(11-13)20-16(24)5-6-17-21-18(22-27-17)12-7-9-19-10-8-12/h3-4,7-11,23H,2,5-6H2,1H3,(H,20,24). The summed E-state index contributed by atoms with van der Waals surface area (Å²) in [5, 5.41) is 16.2. The molecule has 146 valence electrons. The van der Waals surface area contributed by atoms with Crippen LogP contribution in [0.1, 0.15) is 19.2 Å². The van der Waals surface area contributed by atoms with Crippen LogP contribution in [0.15, 0.2) is 52.1 Å². The van der Waals surface area contributed by atoms with Crippen LogP contribution in [0.25, 0.3) is 11.4 Å². The number of phenols is 1. The lowest BCUT2D eigenvalue weighted by Gasteiger charge is -2.09. The Balaban J connectivity index is 1.64. The van der Waals surface area contributed by atoms with Crippen molar-refractivity contribution in [3.05, 3.63) is 48.6 Å². The highest BCUT2D eigenvalue weighted by Gasteiger charge is 2.16. The number of nitrogens with one attached hydrogen (secondary N) is 1. The van der Waals surface area contributed by atoms with Gasteiger partial charge in [0.1, 0.15) is 5.75 Å². The Kier molecular flexibility index (Phi) is 5.69. The molecule has 10 heteroatoms. The maximum absolute atomic E-state index is 12.2. The highest BCUT2D eigenvalue weighted by Crippen LogP contribution is 2.27. The lowest BCUT2D eigenvalue weighted by Crippen LogP contribution is -2.13. The molecule has 0 aliphatic carbocycles. The summed E-state index contributed by atoms with van der Waals surface area (Å²) in [6.45, 7) is 1.52. The van der Waals surface area contributed by atoms with Crippen LogP contribution in [-0.4, -0.2) is 40.3 Å². The summed E-state index contributed by atoms with van der Waals surface area (Å²) < 4.78 is 29.0. The van der Waals surface area contributed by atoms with Crippen LogP contribution in [0.5, 0.6) is 5.75 Å². The molecule has 2 N–H and O–H groups in total. The molecule has 0 aliphatic rings. The minimum atomic E-state index is -3.45. The molecule has 0 unspecified atom stereocenters. The third-order valence-corrected chi connectivity index (χ3v) is 5.69. The molecule has 3 rings (SSSR count). The zero-order valence-corrected chi connectivity index (χ0v) is 15.8. The predicted molar refractivity (Wildman–Crippen MR) is 100 cm³/mol. The van der Waals surface area contributed by atoms with Crippen molar-refractivity contribution in [1.82, 2.24) is 15.1 Å². The largest absolute Gasteiger partial charge is 0.506 e. The first kappa shape index (κ1) is 19.5. The van der Waals surface area contributed by atoms with Gasteiger partial charge in [-0.1, -0.05) is 12.1 Å². The van der Waals surface area contributed by atoms with Gasteiger partial charge in [-0.3, -0.25) is 9.78 Å². The number of amides is 1. The Labute approximate surface area is 161 Å². The second-order valence-corrected chi connectivity index (χ2v) is 8.16. The quantitative estimate of drug-likeness (QED) is 0.574. The van der Waals surface area contributed by atoms with Crippen molar-refractivity contribution in [2.45, 2.75) is 24.7 Å². The van der Waals surface area contributed by atoms with Crippen molar-refractivity contribution in [2.75, 3.05) is 11.1 Å². The Morgan fingerprint density at radius 3 is 2.68 bits per heavy atom. The fraction of sp³-hybridized carbons (Fsp3) is 0.222. The topological polar surface area (TPSA) is 135 Å². The van der Waals surface area contributed by atoms with Gasteiger partial charge in [0.05, 0.1) is 16.3 Å². The minimum Gasteiger partial charge on any atom is -0.506 e. The summed E-state index contributed by atoms with van der Waals surface area (Å²) >= 11 is 0. The van der Waals surface area contributed by atoms with E-state index in [0.717, 1.165) is 5.56 Å². The molecule has 0 saturated carbocycles. The highest BCUT2D eigenvalue weighted by atomic mass is 32.2. The molecule has 2 heterocycles. The smallest absolute Gasteiger partial charge is 0.227 e. The predicted octanol–water partition coefficient (Wildman–Crippen LogP) is 2.20. The number of carbonyl (C=O) groups is 1. The van der Waals surface area contributed by atoms with E-state index < -0.39 is 15.7 Å². The van der Waals surface area contributed by atoms with Gasteiger partial charge in [-0.25, -0.2) is 8.42 Å². The van der Waals surface area contributed by atoms with Crippen molar-refractivity contribution in [3.63, 3.8) is 0 Å². The Morgan fingerprint density at radius 1 is 1.21 bits per heavy atom. The van der Waals surface area contributed by atoms with Gasteiger partial charge in [0.25, 0.3) is 0 Å². The van der Waals surface area contributed by atoms with Crippen molar-refractivity contribution in [1.29, 1.82) is 0 Å². The number of hydrogen-bond acceptors (Lipinski definition) is 8. The molecular formula is C18H18N4O5S. The van der Waals surface area contributed by atoms with E-state index in [4.69, 9.17) is 4.52 Å². The SMILES string of the molecule is CCS(=O)(=O)c1ccc(O)c(NC(=O)CCc2nc(-c3ccncc3)no2)c1. The van der Waals surface area contributed by atoms with Gasteiger partial charge in [0.15, 0.2) is 9.84 Å². The normalized spacial score (nSPS) is 11.3. The number of aromatic hydroxyl groups is 1. The number of nitrogens with zero attached hydrogens (tertiary/aromatic N) is 3. The number of sulfone groups is 1. The average Bonchev–Trinajstić information content (AvgIpc) is 3.18. The van der Waals surface area contributed by atoms with Crippen LogP contribution in [0.4, 0.5) is 5.69 Å². The molecular weight excluding hydrogens is 384 g/mol. The van der Waals surface area contributed by atoms with Crippen LogP contribution in [-0.2, 0) is 21.1 Å². The molecule has 0 fully saturated rings. The van der Waals surface area contributed by atoms with Gasteiger partial charge < -0.3 is 14.9 Å². The molecule has 9 nitrogen and oxygen atoms in total. The van der Waals surface area contributed by atoms with Gasteiger partial charge in [0, 0.05) is 30.8 Å². The first-order chi connectivity index (χ1) is 13.4. The number of phenolic OH excluding ortho intramolecular Hbond substituents is 1. The van der Waals surface area contributed by atoms with E-state index in [0.29, 0.717) is 5.82 Å². The van der Waals surface area contributed by atoms with Crippen molar-refractivity contribution >= 4 is 21.4 Å². The molecule has 0 spiro atoms. The van der Waals surface area contributed by atoms with Crippen LogP contribution in [0, 0.1) is 0 Å². The molecule has 0 saturated heterocycles. The van der Waals surface area contributed by atoms with Crippen LogP contribution >= 0.6 is 0 Å². The van der Waals surface area contributed by atoms with E-state index >= 15 is 0 Å². The lowest BCUT2D eigenvalue weighted by molar-refractivity contribution is -0.116. The van der Waals surface area contributed by atoms with E-state index in [1.165, 1.54) is 25.1 Å². The maximum Gasteiger partial charge on any atom is 0.227 e.